The van der Waals surface area contributed by atoms with E-state index in [1.54, 1.807) is 0 Å². The Morgan fingerprint density at radius 3 is 2.73 bits per heavy atom. The van der Waals surface area contributed by atoms with Crippen LogP contribution in [0, 0.1) is 0 Å². The number of aryl methyl sites for hydroxylation is 1. The summed E-state index contributed by atoms with van der Waals surface area (Å²) in [6.07, 6.45) is 5.18. The minimum absolute atomic E-state index is 0.0942. The van der Waals surface area contributed by atoms with Gasteiger partial charge < -0.3 is 15.8 Å². The predicted molar refractivity (Wildman–Crippen MR) is 89.0 cm³/mol. The molecule has 4 heteroatoms. The van der Waals surface area contributed by atoms with Crippen LogP contribution in [0.2, 0.25) is 0 Å². The molecular formula is C18H28N2O2. The number of rotatable bonds is 4. The SMILES string of the molecule is CC(C)(C)OC(=O)NC(CN)Cc1cccc2c1CCCC2. The second-order valence-corrected chi connectivity index (χ2v) is 7.04. The molecule has 3 N–H and O–H groups in total. The van der Waals surface area contributed by atoms with Gasteiger partial charge >= 0.3 is 6.09 Å². The van der Waals surface area contributed by atoms with Crippen LogP contribution >= 0.6 is 0 Å². The number of alkyl carbamates (subject to hydrolysis) is 1. The average molecular weight is 304 g/mol. The second-order valence-electron chi connectivity index (χ2n) is 7.04. The van der Waals surface area contributed by atoms with Crippen molar-refractivity contribution in [1.82, 2.24) is 5.32 Å². The number of amides is 1. The van der Waals surface area contributed by atoms with Crippen LogP contribution in [0.25, 0.3) is 0 Å². The predicted octanol–water partition coefficient (Wildman–Crippen LogP) is 2.96. The summed E-state index contributed by atoms with van der Waals surface area (Å²) in [5.41, 5.74) is 9.57. The molecule has 22 heavy (non-hydrogen) atoms. The Morgan fingerprint density at radius 2 is 2.05 bits per heavy atom. The van der Waals surface area contributed by atoms with Gasteiger partial charge in [0.05, 0.1) is 0 Å². The molecule has 2 rings (SSSR count). The van der Waals surface area contributed by atoms with Crippen LogP contribution in [-0.4, -0.2) is 24.3 Å². The summed E-state index contributed by atoms with van der Waals surface area (Å²) in [7, 11) is 0. The molecule has 1 amide bonds. The Morgan fingerprint density at radius 1 is 1.32 bits per heavy atom. The maximum absolute atomic E-state index is 11.9. The van der Waals surface area contributed by atoms with Gasteiger partial charge in [-0.2, -0.15) is 0 Å². The molecule has 0 spiro atoms. The molecule has 1 aliphatic rings. The van der Waals surface area contributed by atoms with Gasteiger partial charge in [0, 0.05) is 12.6 Å². The number of fused-ring (bicyclic) bond motifs is 1. The van der Waals surface area contributed by atoms with E-state index in [1.165, 1.54) is 29.5 Å². The molecule has 1 aliphatic carbocycles. The van der Waals surface area contributed by atoms with Crippen LogP contribution in [0.1, 0.15) is 50.3 Å². The fraction of sp³-hybridized carbons (Fsp3) is 0.611. The molecule has 1 aromatic rings. The summed E-state index contributed by atoms with van der Waals surface area (Å²) in [5, 5.41) is 2.89. The number of nitrogens with two attached hydrogens (primary N) is 1. The van der Waals surface area contributed by atoms with E-state index in [2.05, 4.69) is 23.5 Å². The lowest BCUT2D eigenvalue weighted by molar-refractivity contribution is 0.0506. The third kappa shape index (κ3) is 4.73. The summed E-state index contributed by atoms with van der Waals surface area (Å²) < 4.78 is 5.31. The maximum atomic E-state index is 11.9. The zero-order valence-corrected chi connectivity index (χ0v) is 13.9. The van der Waals surface area contributed by atoms with Gasteiger partial charge in [0.1, 0.15) is 5.60 Å². The zero-order chi connectivity index (χ0) is 16.2. The lowest BCUT2D eigenvalue weighted by atomic mass is 9.86. The molecule has 0 radical (unpaired) electrons. The standard InChI is InChI=1S/C18H28N2O2/c1-18(2,3)22-17(21)20-15(12-19)11-14-9-6-8-13-7-4-5-10-16(13)14/h6,8-9,15H,4-5,7,10-12,19H2,1-3H3,(H,20,21). The lowest BCUT2D eigenvalue weighted by Gasteiger charge is -2.25. The van der Waals surface area contributed by atoms with Gasteiger partial charge in [-0.05, 0) is 69.6 Å². The molecule has 4 nitrogen and oxygen atoms in total. The van der Waals surface area contributed by atoms with Gasteiger partial charge in [0.2, 0.25) is 0 Å². The van der Waals surface area contributed by atoms with E-state index < -0.39 is 11.7 Å². The number of hydrogen-bond donors (Lipinski definition) is 2. The Hall–Kier alpha value is -1.55. The monoisotopic (exact) mass is 304 g/mol. The molecule has 0 saturated heterocycles. The van der Waals surface area contributed by atoms with Gasteiger partial charge in [-0.15, -0.1) is 0 Å². The molecule has 1 atom stereocenters. The van der Waals surface area contributed by atoms with Crippen molar-refractivity contribution < 1.29 is 9.53 Å². The number of ether oxygens (including phenoxy) is 1. The Kier molecular flexibility index (Phi) is 5.46. The summed E-state index contributed by atoms with van der Waals surface area (Å²) in [4.78, 5) is 11.9. The smallest absolute Gasteiger partial charge is 0.407 e. The molecule has 1 unspecified atom stereocenters. The maximum Gasteiger partial charge on any atom is 0.407 e. The Bertz CT molecular complexity index is 520. The summed E-state index contributed by atoms with van der Waals surface area (Å²) >= 11 is 0. The second kappa shape index (κ2) is 7.14. The first-order valence-electron chi connectivity index (χ1n) is 8.18. The number of hydrogen-bond acceptors (Lipinski definition) is 3. The third-order valence-corrected chi connectivity index (χ3v) is 3.96. The lowest BCUT2D eigenvalue weighted by Crippen LogP contribution is -2.44. The summed E-state index contributed by atoms with van der Waals surface area (Å²) in [5.74, 6) is 0. The van der Waals surface area contributed by atoms with Crippen molar-refractivity contribution in [2.45, 2.75) is 64.5 Å². The topological polar surface area (TPSA) is 64.3 Å². The highest BCUT2D eigenvalue weighted by atomic mass is 16.6. The molecule has 0 saturated carbocycles. The fourth-order valence-electron chi connectivity index (χ4n) is 2.98. The molecule has 1 aromatic carbocycles. The average Bonchev–Trinajstić information content (AvgIpc) is 2.45. The quantitative estimate of drug-likeness (QED) is 0.899. The molecule has 122 valence electrons. The van der Waals surface area contributed by atoms with Crippen molar-refractivity contribution in [3.63, 3.8) is 0 Å². The van der Waals surface area contributed by atoms with Crippen LogP contribution < -0.4 is 11.1 Å². The van der Waals surface area contributed by atoms with Crippen molar-refractivity contribution in [3.8, 4) is 0 Å². The van der Waals surface area contributed by atoms with Crippen molar-refractivity contribution in [1.29, 1.82) is 0 Å². The first kappa shape index (κ1) is 16.8. The highest BCUT2D eigenvalue weighted by Gasteiger charge is 2.20. The fourth-order valence-corrected chi connectivity index (χ4v) is 2.98. The van der Waals surface area contributed by atoms with Crippen molar-refractivity contribution in [2.75, 3.05) is 6.54 Å². The van der Waals surface area contributed by atoms with Crippen LogP contribution in [0.4, 0.5) is 4.79 Å². The van der Waals surface area contributed by atoms with Gasteiger partial charge in [-0.3, -0.25) is 0 Å². The number of carbonyl (C=O) groups is 1. The van der Waals surface area contributed by atoms with Crippen LogP contribution in [0.15, 0.2) is 18.2 Å². The number of nitrogens with one attached hydrogen (secondary N) is 1. The molecule has 0 aliphatic heterocycles. The minimum Gasteiger partial charge on any atom is -0.444 e. The van der Waals surface area contributed by atoms with E-state index in [-0.39, 0.29) is 6.04 Å². The third-order valence-electron chi connectivity index (χ3n) is 3.96. The van der Waals surface area contributed by atoms with E-state index in [4.69, 9.17) is 10.5 Å². The van der Waals surface area contributed by atoms with Crippen LogP contribution in [-0.2, 0) is 24.0 Å². The first-order chi connectivity index (χ1) is 10.4. The van der Waals surface area contributed by atoms with Crippen molar-refractivity contribution in [2.24, 2.45) is 5.73 Å². The summed E-state index contributed by atoms with van der Waals surface area (Å²) in [6, 6.07) is 6.39. The van der Waals surface area contributed by atoms with E-state index in [1.807, 2.05) is 20.8 Å². The van der Waals surface area contributed by atoms with Crippen molar-refractivity contribution in [3.05, 3.63) is 34.9 Å². The van der Waals surface area contributed by atoms with Crippen molar-refractivity contribution >= 4 is 6.09 Å². The Labute approximate surface area is 133 Å². The van der Waals surface area contributed by atoms with E-state index in [9.17, 15) is 4.79 Å². The van der Waals surface area contributed by atoms with E-state index in [0.29, 0.717) is 6.54 Å². The number of benzene rings is 1. The molecular weight excluding hydrogens is 276 g/mol. The van der Waals surface area contributed by atoms with E-state index >= 15 is 0 Å². The summed E-state index contributed by atoms with van der Waals surface area (Å²) in [6.45, 7) is 5.98. The highest BCUT2D eigenvalue weighted by Crippen LogP contribution is 2.25. The van der Waals surface area contributed by atoms with Gasteiger partial charge in [0.25, 0.3) is 0 Å². The molecule has 0 aromatic heterocycles. The van der Waals surface area contributed by atoms with Gasteiger partial charge in [-0.25, -0.2) is 4.79 Å². The minimum atomic E-state index is -0.491. The zero-order valence-electron chi connectivity index (χ0n) is 13.9. The van der Waals surface area contributed by atoms with Crippen LogP contribution in [0.5, 0.6) is 0 Å². The Balaban J connectivity index is 2.03. The largest absolute Gasteiger partial charge is 0.444 e. The van der Waals surface area contributed by atoms with Gasteiger partial charge in [-0.1, -0.05) is 18.2 Å². The van der Waals surface area contributed by atoms with E-state index in [0.717, 1.165) is 19.3 Å². The number of carbonyl (C=O) groups excluding carboxylic acids is 1. The van der Waals surface area contributed by atoms with Crippen LogP contribution in [0.3, 0.4) is 0 Å². The molecule has 0 fully saturated rings. The molecule has 0 heterocycles. The highest BCUT2D eigenvalue weighted by molar-refractivity contribution is 5.68. The molecule has 0 bridgehead atoms. The van der Waals surface area contributed by atoms with Gasteiger partial charge in [0.15, 0.2) is 0 Å². The normalized spacial score (nSPS) is 15.8. The first-order valence-corrected chi connectivity index (χ1v) is 8.18.